The molecule has 2 aromatic rings. The highest BCUT2D eigenvalue weighted by Gasteiger charge is 2.08. The molecule has 1 unspecified atom stereocenters. The maximum Gasteiger partial charge on any atom is 0.0815 e. The summed E-state index contributed by atoms with van der Waals surface area (Å²) >= 11 is 6.78. The van der Waals surface area contributed by atoms with Crippen molar-refractivity contribution in [3.05, 3.63) is 34.9 Å². The molecule has 1 atom stereocenters. The number of hydrogen-bond donors (Lipinski definition) is 1. The van der Waals surface area contributed by atoms with Crippen molar-refractivity contribution in [3.63, 3.8) is 0 Å². The lowest BCUT2D eigenvalue weighted by atomic mass is 10.2. The number of aliphatic hydroxyl groups is 1. The van der Waals surface area contributed by atoms with E-state index in [0.29, 0.717) is 11.9 Å². The monoisotopic (exact) mass is 331 g/mol. The molecule has 1 N–H and O–H groups in total. The Morgan fingerprint density at radius 3 is 2.80 bits per heavy atom. The van der Waals surface area contributed by atoms with E-state index in [9.17, 15) is 5.11 Å². The summed E-state index contributed by atoms with van der Waals surface area (Å²) in [4.78, 5) is 0. The Morgan fingerprint density at radius 2 is 2.07 bits per heavy atom. The molecule has 1 aromatic carbocycles. The fourth-order valence-electron chi connectivity index (χ4n) is 1.63. The number of aliphatic hydroxyl groups excluding tert-OH is 1. The molecule has 0 amide bonds. The normalized spacial score (nSPS) is 13.3. The molecule has 0 saturated carbocycles. The van der Waals surface area contributed by atoms with Crippen LogP contribution in [0.3, 0.4) is 0 Å². The van der Waals surface area contributed by atoms with Gasteiger partial charge in [0.2, 0.25) is 0 Å². The molecule has 15 heavy (non-hydrogen) atoms. The van der Waals surface area contributed by atoms with Crippen LogP contribution >= 0.6 is 31.9 Å². The Kier molecular flexibility index (Phi) is 3.49. The van der Waals surface area contributed by atoms with Crippen LogP contribution in [0.15, 0.2) is 34.9 Å². The predicted octanol–water partition coefficient (Wildman–Crippen LogP) is 3.16. The van der Waals surface area contributed by atoms with Crippen LogP contribution in [0.4, 0.5) is 0 Å². The summed E-state index contributed by atoms with van der Waals surface area (Å²) in [6.07, 6.45) is 1.66. The lowest BCUT2D eigenvalue weighted by Crippen LogP contribution is -2.16. The molecule has 0 aliphatic rings. The van der Waals surface area contributed by atoms with Crippen LogP contribution < -0.4 is 0 Å². The largest absolute Gasteiger partial charge is 0.390 e. The summed E-state index contributed by atoms with van der Waals surface area (Å²) in [5.74, 6) is 0. The zero-order valence-corrected chi connectivity index (χ0v) is 11.2. The van der Waals surface area contributed by atoms with Crippen molar-refractivity contribution in [1.29, 1.82) is 0 Å². The molecule has 0 bridgehead atoms. The molecule has 0 aliphatic carbocycles. The smallest absolute Gasteiger partial charge is 0.0815 e. The van der Waals surface area contributed by atoms with Crippen molar-refractivity contribution in [1.82, 2.24) is 4.57 Å². The van der Waals surface area contributed by atoms with Crippen molar-refractivity contribution in [2.24, 2.45) is 0 Å². The topological polar surface area (TPSA) is 25.2 Å². The molecular formula is C11H11Br2NO. The third-order valence-corrected chi connectivity index (χ3v) is 3.70. The van der Waals surface area contributed by atoms with E-state index in [-0.39, 0.29) is 6.10 Å². The first-order chi connectivity index (χ1) is 7.22. The van der Waals surface area contributed by atoms with Crippen LogP contribution in [-0.4, -0.2) is 21.1 Å². The lowest BCUT2D eigenvalue weighted by Gasteiger charge is -2.09. The second kappa shape index (κ2) is 4.68. The highest BCUT2D eigenvalue weighted by Crippen LogP contribution is 2.26. The number of fused-ring (bicyclic) bond motifs is 1. The molecule has 4 heteroatoms. The van der Waals surface area contributed by atoms with Crippen LogP contribution in [0.1, 0.15) is 0 Å². The van der Waals surface area contributed by atoms with E-state index in [1.165, 1.54) is 5.39 Å². The highest BCUT2D eigenvalue weighted by atomic mass is 79.9. The molecular weight excluding hydrogens is 322 g/mol. The fourth-order valence-corrected chi connectivity index (χ4v) is 2.42. The van der Waals surface area contributed by atoms with Gasteiger partial charge >= 0.3 is 0 Å². The molecule has 1 aromatic heterocycles. The minimum Gasteiger partial charge on any atom is -0.390 e. The Bertz CT molecular complexity index is 467. The van der Waals surface area contributed by atoms with E-state index in [2.05, 4.69) is 48.6 Å². The first-order valence-corrected chi connectivity index (χ1v) is 6.61. The second-order valence-corrected chi connectivity index (χ2v) is 4.96. The van der Waals surface area contributed by atoms with Crippen molar-refractivity contribution in [3.8, 4) is 0 Å². The van der Waals surface area contributed by atoms with E-state index in [1.807, 2.05) is 18.3 Å². The zero-order chi connectivity index (χ0) is 10.8. The number of alkyl halides is 1. The van der Waals surface area contributed by atoms with E-state index >= 15 is 0 Å². The number of benzene rings is 1. The van der Waals surface area contributed by atoms with Gasteiger partial charge in [-0.1, -0.05) is 34.1 Å². The van der Waals surface area contributed by atoms with Crippen LogP contribution in [0.25, 0.3) is 10.9 Å². The third kappa shape index (κ3) is 2.27. The zero-order valence-electron chi connectivity index (χ0n) is 8.03. The van der Waals surface area contributed by atoms with Crippen LogP contribution in [0.2, 0.25) is 0 Å². The predicted molar refractivity (Wildman–Crippen MR) is 69.4 cm³/mol. The number of aromatic nitrogens is 1. The Morgan fingerprint density at radius 1 is 1.33 bits per heavy atom. The fraction of sp³-hybridized carbons (Fsp3) is 0.273. The highest BCUT2D eigenvalue weighted by molar-refractivity contribution is 9.10. The van der Waals surface area contributed by atoms with Gasteiger partial charge in [-0.2, -0.15) is 0 Å². The van der Waals surface area contributed by atoms with E-state index in [1.54, 1.807) is 0 Å². The first kappa shape index (κ1) is 11.2. The average Bonchev–Trinajstić information content (AvgIpc) is 2.57. The molecule has 80 valence electrons. The van der Waals surface area contributed by atoms with Crippen LogP contribution in [-0.2, 0) is 6.54 Å². The molecule has 0 fully saturated rings. The standard InChI is InChI=1S/C11H11Br2NO/c12-5-8(15)6-14-7-10(13)9-3-1-2-4-11(9)14/h1-4,7-8,15H,5-6H2. The van der Waals surface area contributed by atoms with Gasteiger partial charge in [-0.05, 0) is 22.0 Å². The third-order valence-electron chi connectivity index (χ3n) is 2.33. The van der Waals surface area contributed by atoms with Crippen molar-refractivity contribution in [2.75, 3.05) is 5.33 Å². The average molecular weight is 333 g/mol. The summed E-state index contributed by atoms with van der Waals surface area (Å²) < 4.78 is 3.13. The number of para-hydroxylation sites is 1. The summed E-state index contributed by atoms with van der Waals surface area (Å²) in [6.45, 7) is 0.608. The van der Waals surface area contributed by atoms with Gasteiger partial charge in [-0.15, -0.1) is 0 Å². The van der Waals surface area contributed by atoms with Crippen molar-refractivity contribution in [2.45, 2.75) is 12.6 Å². The summed E-state index contributed by atoms with van der Waals surface area (Å²) in [5, 5.41) is 11.4. The van der Waals surface area contributed by atoms with Gasteiger partial charge in [0.25, 0.3) is 0 Å². The maximum atomic E-state index is 9.60. The number of nitrogens with zero attached hydrogens (tertiary/aromatic N) is 1. The van der Waals surface area contributed by atoms with E-state index in [0.717, 1.165) is 9.99 Å². The Hall–Kier alpha value is -0.320. The number of rotatable bonds is 3. The molecule has 0 spiro atoms. The van der Waals surface area contributed by atoms with Gasteiger partial charge in [0.1, 0.15) is 0 Å². The maximum absolute atomic E-state index is 9.60. The Balaban J connectivity index is 2.43. The van der Waals surface area contributed by atoms with Crippen molar-refractivity contribution >= 4 is 42.8 Å². The molecule has 2 rings (SSSR count). The van der Waals surface area contributed by atoms with E-state index in [4.69, 9.17) is 0 Å². The van der Waals surface area contributed by atoms with Gasteiger partial charge < -0.3 is 9.67 Å². The summed E-state index contributed by atoms with van der Waals surface area (Å²) in [7, 11) is 0. The van der Waals surface area contributed by atoms with Crippen molar-refractivity contribution < 1.29 is 5.11 Å². The first-order valence-electron chi connectivity index (χ1n) is 4.69. The number of hydrogen-bond acceptors (Lipinski definition) is 1. The summed E-state index contributed by atoms with van der Waals surface area (Å²) in [6, 6.07) is 8.14. The van der Waals surface area contributed by atoms with E-state index < -0.39 is 0 Å². The molecule has 0 aliphatic heterocycles. The SMILES string of the molecule is OC(CBr)Cn1cc(Br)c2ccccc21. The minimum absolute atomic E-state index is 0.354. The van der Waals surface area contributed by atoms with Crippen LogP contribution in [0.5, 0.6) is 0 Å². The van der Waals surface area contributed by atoms with Gasteiger partial charge in [0.05, 0.1) is 6.10 Å². The quantitative estimate of drug-likeness (QED) is 0.858. The molecule has 1 heterocycles. The van der Waals surface area contributed by atoms with Gasteiger partial charge in [0.15, 0.2) is 0 Å². The molecule has 2 nitrogen and oxygen atoms in total. The summed E-state index contributed by atoms with van der Waals surface area (Å²) in [5.41, 5.74) is 1.14. The van der Waals surface area contributed by atoms with Gasteiger partial charge in [-0.25, -0.2) is 0 Å². The van der Waals surface area contributed by atoms with Gasteiger partial charge in [-0.3, -0.25) is 0 Å². The Labute approximate surface area is 105 Å². The van der Waals surface area contributed by atoms with Gasteiger partial charge in [0, 0.05) is 33.4 Å². The lowest BCUT2D eigenvalue weighted by molar-refractivity contribution is 0.181. The van der Waals surface area contributed by atoms with Crippen LogP contribution in [0, 0.1) is 0 Å². The molecule has 0 radical (unpaired) electrons. The molecule has 0 saturated heterocycles. The number of halogens is 2. The minimum atomic E-state index is -0.354. The second-order valence-electron chi connectivity index (χ2n) is 3.45.